The number of hydrogen-bond acceptors (Lipinski definition) is 6. The Labute approximate surface area is 194 Å². The number of amidine groups is 1. The quantitative estimate of drug-likeness (QED) is 0.586. The van der Waals surface area contributed by atoms with E-state index in [1.807, 2.05) is 24.3 Å². The Balaban J connectivity index is 1.60. The molecule has 2 aliphatic heterocycles. The van der Waals surface area contributed by atoms with Gasteiger partial charge in [-0.3, -0.25) is 4.99 Å². The molecule has 1 N–H and O–H groups in total. The van der Waals surface area contributed by atoms with Crippen molar-refractivity contribution in [2.45, 2.75) is 43.5 Å². The lowest BCUT2D eigenvalue weighted by atomic mass is 9.99. The number of nitrogens with one attached hydrogen (secondary N) is 1. The van der Waals surface area contributed by atoms with E-state index in [-0.39, 0.29) is 0 Å². The van der Waals surface area contributed by atoms with Gasteiger partial charge in [0.15, 0.2) is 11.4 Å². The number of nitrogens with zero attached hydrogens (tertiary/aromatic N) is 2. The van der Waals surface area contributed by atoms with Crippen LogP contribution < -0.4 is 10.2 Å². The van der Waals surface area contributed by atoms with Crippen molar-refractivity contribution in [3.63, 3.8) is 0 Å². The van der Waals surface area contributed by atoms with E-state index >= 15 is 0 Å². The number of rotatable bonds is 2. The topological polar surface area (TPSA) is 63.2 Å². The van der Waals surface area contributed by atoms with Crippen LogP contribution in [0, 0.1) is 0 Å². The number of anilines is 2. The number of hydrogen-bond donors (Lipinski definition) is 1. The Morgan fingerprint density at radius 1 is 1.15 bits per heavy atom. The molecule has 2 aromatic rings. The molecule has 4 rings (SSSR count). The summed E-state index contributed by atoms with van der Waals surface area (Å²) >= 11 is 1.38. The highest BCUT2D eigenvalue weighted by Crippen LogP contribution is 2.55. The van der Waals surface area contributed by atoms with Gasteiger partial charge in [0.1, 0.15) is 10.3 Å². The molecule has 176 valence electrons. The Morgan fingerprint density at radius 2 is 1.82 bits per heavy atom. The van der Waals surface area contributed by atoms with Crippen LogP contribution in [0.25, 0.3) is 0 Å². The number of benzene rings is 2. The number of alkyl halides is 3. The summed E-state index contributed by atoms with van der Waals surface area (Å²) in [5.41, 5.74) is 0.630. The van der Waals surface area contributed by atoms with Gasteiger partial charge < -0.3 is 14.8 Å². The third kappa shape index (κ3) is 4.41. The number of methoxy groups -OCH3 is 1. The average Bonchev–Trinajstić information content (AvgIpc) is 3.26. The van der Waals surface area contributed by atoms with Gasteiger partial charge in [-0.25, -0.2) is 9.69 Å². The molecule has 33 heavy (non-hydrogen) atoms. The summed E-state index contributed by atoms with van der Waals surface area (Å²) in [6, 6.07) is 12.2. The molecule has 1 spiro atoms. The van der Waals surface area contributed by atoms with Crippen molar-refractivity contribution in [1.29, 1.82) is 0 Å². The summed E-state index contributed by atoms with van der Waals surface area (Å²) in [5, 5.41) is 3.61. The predicted molar refractivity (Wildman–Crippen MR) is 123 cm³/mol. The molecular formula is C23H24F3N3O3S. The Hall–Kier alpha value is -2.72. The van der Waals surface area contributed by atoms with E-state index in [1.165, 1.54) is 35.9 Å². The lowest BCUT2D eigenvalue weighted by molar-refractivity contribution is -0.137. The maximum Gasteiger partial charge on any atom is 0.417 e. The maximum atomic E-state index is 13.1. The van der Waals surface area contributed by atoms with Crippen LogP contribution in [-0.2, 0) is 20.4 Å². The monoisotopic (exact) mass is 479 g/mol. The number of carbonyl (C=O) groups excluding carboxylic acids is 1. The zero-order valence-corrected chi connectivity index (χ0v) is 19.4. The smallest absolute Gasteiger partial charge is 0.417 e. The Kier molecular flexibility index (Phi) is 5.86. The van der Waals surface area contributed by atoms with Gasteiger partial charge in [0.2, 0.25) is 0 Å². The van der Waals surface area contributed by atoms with Gasteiger partial charge in [-0.05, 0) is 56.7 Å². The second-order valence-electron chi connectivity index (χ2n) is 8.77. The fourth-order valence-corrected chi connectivity index (χ4v) is 5.29. The van der Waals surface area contributed by atoms with Crippen LogP contribution in [0.5, 0.6) is 0 Å². The van der Waals surface area contributed by atoms with Crippen LogP contribution in [-0.4, -0.2) is 36.7 Å². The third-order valence-corrected chi connectivity index (χ3v) is 6.61. The first kappa shape index (κ1) is 23.4. The van der Waals surface area contributed by atoms with Crippen molar-refractivity contribution >= 4 is 34.4 Å². The number of halogens is 3. The average molecular weight is 480 g/mol. The van der Waals surface area contributed by atoms with E-state index < -0.39 is 34.4 Å². The summed E-state index contributed by atoms with van der Waals surface area (Å²) in [4.78, 5) is 19.2. The van der Waals surface area contributed by atoms with Crippen molar-refractivity contribution in [2.24, 2.45) is 4.99 Å². The number of thioether (sulfide) groups is 1. The predicted octanol–water partition coefficient (Wildman–Crippen LogP) is 5.84. The number of para-hydroxylation sites is 1. The van der Waals surface area contributed by atoms with Gasteiger partial charge in [-0.2, -0.15) is 13.2 Å². The van der Waals surface area contributed by atoms with Crippen LogP contribution in [0.15, 0.2) is 53.5 Å². The first-order valence-corrected chi connectivity index (χ1v) is 11.1. The summed E-state index contributed by atoms with van der Waals surface area (Å²) < 4.78 is 49.3. The van der Waals surface area contributed by atoms with Gasteiger partial charge in [-0.1, -0.05) is 30.0 Å². The van der Waals surface area contributed by atoms with Gasteiger partial charge in [0, 0.05) is 12.8 Å². The van der Waals surface area contributed by atoms with E-state index in [1.54, 1.807) is 20.8 Å². The van der Waals surface area contributed by atoms with Gasteiger partial charge in [-0.15, -0.1) is 0 Å². The van der Waals surface area contributed by atoms with E-state index in [0.717, 1.165) is 17.7 Å². The number of carbonyl (C=O) groups is 1. The zero-order valence-electron chi connectivity index (χ0n) is 18.6. The van der Waals surface area contributed by atoms with E-state index in [0.29, 0.717) is 23.1 Å². The van der Waals surface area contributed by atoms with Crippen molar-refractivity contribution in [3.05, 3.63) is 59.7 Å². The minimum absolute atomic E-state index is 0.315. The fourth-order valence-electron chi connectivity index (χ4n) is 3.94. The van der Waals surface area contributed by atoms with E-state index in [4.69, 9.17) is 9.47 Å². The minimum Gasteiger partial charge on any atom is -0.443 e. The number of amides is 1. The number of aliphatic imine (C=N–C) groups is 1. The molecule has 10 heteroatoms. The number of ether oxygens (including phenoxy) is 2. The highest BCUT2D eigenvalue weighted by molar-refractivity contribution is 8.15. The molecule has 0 fully saturated rings. The highest BCUT2D eigenvalue weighted by atomic mass is 32.2. The summed E-state index contributed by atoms with van der Waals surface area (Å²) in [6.45, 7) is 5.70. The highest BCUT2D eigenvalue weighted by Gasteiger charge is 2.57. The van der Waals surface area contributed by atoms with E-state index in [2.05, 4.69) is 10.3 Å². The summed E-state index contributed by atoms with van der Waals surface area (Å²) in [6.07, 6.45) is -5.61. The molecule has 0 saturated heterocycles. The lowest BCUT2D eigenvalue weighted by Gasteiger charge is -2.33. The molecule has 2 heterocycles. The van der Waals surface area contributed by atoms with Crippen LogP contribution in [0.2, 0.25) is 0 Å². The lowest BCUT2D eigenvalue weighted by Crippen LogP contribution is -2.49. The summed E-state index contributed by atoms with van der Waals surface area (Å²) in [5.74, 6) is 0. The van der Waals surface area contributed by atoms with Crippen molar-refractivity contribution in [3.8, 4) is 0 Å². The largest absolute Gasteiger partial charge is 0.443 e. The van der Waals surface area contributed by atoms with Crippen molar-refractivity contribution in [1.82, 2.24) is 0 Å². The first-order chi connectivity index (χ1) is 15.4. The number of fused-ring (bicyclic) bond motifs is 2. The SMILES string of the molecule is CO[C@H]1N(C(=O)OC(C)(C)C)c2ccccc2[C@@]12CN=C(Nc1ccc(C(F)(F)F)cc1)S2. The van der Waals surface area contributed by atoms with Gasteiger partial charge >= 0.3 is 12.3 Å². The third-order valence-electron chi connectivity index (χ3n) is 5.27. The minimum atomic E-state index is -4.40. The molecular weight excluding hydrogens is 455 g/mol. The second-order valence-corrected chi connectivity index (χ2v) is 10.1. The normalized spacial score (nSPS) is 22.3. The van der Waals surface area contributed by atoms with Gasteiger partial charge in [0.25, 0.3) is 0 Å². The second kappa shape index (κ2) is 8.25. The molecule has 6 nitrogen and oxygen atoms in total. The van der Waals surface area contributed by atoms with Crippen LogP contribution in [0.4, 0.5) is 29.3 Å². The zero-order chi connectivity index (χ0) is 24.0. The molecule has 2 atom stereocenters. The van der Waals surface area contributed by atoms with Crippen LogP contribution in [0.1, 0.15) is 31.9 Å². The van der Waals surface area contributed by atoms with Crippen molar-refractivity contribution < 1.29 is 27.4 Å². The van der Waals surface area contributed by atoms with Gasteiger partial charge in [0.05, 0.1) is 17.8 Å². The molecule has 0 bridgehead atoms. The molecule has 2 aliphatic rings. The Bertz CT molecular complexity index is 1080. The molecule has 0 aliphatic carbocycles. The molecule has 0 radical (unpaired) electrons. The fraction of sp³-hybridized carbons (Fsp3) is 0.391. The standard InChI is InChI=1S/C23H24F3N3O3S/c1-21(2,3)32-20(30)29-17-8-6-5-7-16(17)22(18(29)31-4)13-27-19(33-22)28-15-11-9-14(10-12-15)23(24,25)26/h5-12,18H,13H2,1-4H3,(H,27,28)/t18-,22+/m1/s1. The van der Waals surface area contributed by atoms with Crippen LogP contribution in [0.3, 0.4) is 0 Å². The maximum absolute atomic E-state index is 13.1. The van der Waals surface area contributed by atoms with E-state index in [9.17, 15) is 18.0 Å². The molecule has 0 saturated carbocycles. The molecule has 0 aromatic heterocycles. The molecule has 0 unspecified atom stereocenters. The summed E-state index contributed by atoms with van der Waals surface area (Å²) in [7, 11) is 1.53. The van der Waals surface area contributed by atoms with Crippen molar-refractivity contribution in [2.75, 3.05) is 23.9 Å². The molecule has 1 amide bonds. The first-order valence-electron chi connectivity index (χ1n) is 10.3. The molecule has 2 aromatic carbocycles. The Morgan fingerprint density at radius 3 is 2.42 bits per heavy atom. The van der Waals surface area contributed by atoms with Crippen LogP contribution >= 0.6 is 11.8 Å².